The SMILES string of the molecule is Cc1ccc(S(=O)(=O)N[S+](C)c2ccc(OCc3ccccc3)cc2)cc1. The molecule has 0 saturated heterocycles. The smallest absolute Gasteiger partial charge is 0.279 e. The maximum Gasteiger partial charge on any atom is 0.279 e. The van der Waals surface area contributed by atoms with Crippen LogP contribution in [0.25, 0.3) is 0 Å². The number of aryl methyl sites for hydroxylation is 1. The molecule has 0 bridgehead atoms. The van der Waals surface area contributed by atoms with Crippen LogP contribution >= 0.6 is 0 Å². The summed E-state index contributed by atoms with van der Waals surface area (Å²) in [5.74, 6) is 0.751. The Bertz CT molecular complexity index is 970. The molecule has 0 aliphatic rings. The van der Waals surface area contributed by atoms with Crippen molar-refractivity contribution in [2.45, 2.75) is 23.3 Å². The average Bonchev–Trinajstić information content (AvgIpc) is 2.67. The minimum absolute atomic E-state index is 0.273. The molecule has 1 N–H and O–H groups in total. The molecule has 3 rings (SSSR count). The lowest BCUT2D eigenvalue weighted by Crippen LogP contribution is -2.30. The largest absolute Gasteiger partial charge is 0.489 e. The van der Waals surface area contributed by atoms with Gasteiger partial charge in [-0.2, -0.15) is 0 Å². The molecular formula is C21H22NO3S2+. The first kappa shape index (κ1) is 19.5. The van der Waals surface area contributed by atoms with Crippen molar-refractivity contribution in [3.63, 3.8) is 0 Å². The van der Waals surface area contributed by atoms with Gasteiger partial charge in [0.25, 0.3) is 10.0 Å². The molecule has 3 aromatic carbocycles. The van der Waals surface area contributed by atoms with Crippen molar-refractivity contribution in [1.29, 1.82) is 0 Å². The van der Waals surface area contributed by atoms with Crippen LogP contribution in [0.3, 0.4) is 0 Å². The van der Waals surface area contributed by atoms with E-state index in [1.807, 2.05) is 67.8 Å². The van der Waals surface area contributed by atoms with Crippen molar-refractivity contribution < 1.29 is 13.2 Å². The molecule has 0 radical (unpaired) electrons. The second kappa shape index (κ2) is 8.61. The Labute approximate surface area is 163 Å². The molecule has 3 aromatic rings. The molecular weight excluding hydrogens is 378 g/mol. The van der Waals surface area contributed by atoms with Gasteiger partial charge in [0.2, 0.25) is 0 Å². The van der Waals surface area contributed by atoms with E-state index in [0.717, 1.165) is 21.8 Å². The fourth-order valence-corrected chi connectivity index (χ4v) is 5.58. The Hall–Kier alpha value is -2.28. The van der Waals surface area contributed by atoms with Crippen LogP contribution in [0.2, 0.25) is 0 Å². The molecule has 6 heteroatoms. The summed E-state index contributed by atoms with van der Waals surface area (Å²) in [5, 5.41) is 0. The molecule has 0 heterocycles. The molecule has 0 saturated carbocycles. The summed E-state index contributed by atoms with van der Waals surface area (Å²) in [7, 11) is -3.55. The number of ether oxygens (including phenoxy) is 1. The monoisotopic (exact) mass is 400 g/mol. The van der Waals surface area contributed by atoms with E-state index in [0.29, 0.717) is 6.61 Å². The predicted octanol–water partition coefficient (Wildman–Crippen LogP) is 4.07. The zero-order valence-corrected chi connectivity index (χ0v) is 16.9. The van der Waals surface area contributed by atoms with Gasteiger partial charge in [-0.3, -0.25) is 0 Å². The minimum Gasteiger partial charge on any atom is -0.489 e. The van der Waals surface area contributed by atoms with Crippen LogP contribution in [-0.2, 0) is 27.7 Å². The number of hydrogen-bond acceptors (Lipinski definition) is 3. The van der Waals surface area contributed by atoms with Gasteiger partial charge in [-0.15, -0.1) is 0 Å². The van der Waals surface area contributed by atoms with Gasteiger partial charge >= 0.3 is 0 Å². The quantitative estimate of drug-likeness (QED) is 0.608. The molecule has 0 amide bonds. The van der Waals surface area contributed by atoms with Gasteiger partial charge in [0.05, 0.1) is 4.90 Å². The van der Waals surface area contributed by atoms with Crippen LogP contribution in [0.4, 0.5) is 0 Å². The van der Waals surface area contributed by atoms with E-state index in [1.165, 1.54) is 0 Å². The summed E-state index contributed by atoms with van der Waals surface area (Å²) in [4.78, 5) is 1.17. The molecule has 1 atom stereocenters. The van der Waals surface area contributed by atoms with E-state index in [4.69, 9.17) is 4.74 Å². The Balaban J connectivity index is 1.63. The van der Waals surface area contributed by atoms with E-state index >= 15 is 0 Å². The number of nitrogens with one attached hydrogen (secondary N) is 1. The van der Waals surface area contributed by atoms with Gasteiger partial charge in [0, 0.05) is 0 Å². The summed E-state index contributed by atoms with van der Waals surface area (Å²) < 4.78 is 33.6. The summed E-state index contributed by atoms with van der Waals surface area (Å²) in [5.41, 5.74) is 2.12. The van der Waals surface area contributed by atoms with Gasteiger partial charge in [-0.1, -0.05) is 48.0 Å². The van der Waals surface area contributed by atoms with Crippen LogP contribution < -0.4 is 8.86 Å². The predicted molar refractivity (Wildman–Crippen MR) is 110 cm³/mol. The third-order valence-corrected chi connectivity index (χ3v) is 7.74. The van der Waals surface area contributed by atoms with Gasteiger partial charge in [-0.05, 0) is 53.0 Å². The normalized spacial score (nSPS) is 12.5. The summed E-state index contributed by atoms with van der Waals surface area (Å²) in [6, 6.07) is 24.3. The van der Waals surface area contributed by atoms with Crippen molar-refractivity contribution in [1.82, 2.24) is 4.13 Å². The van der Waals surface area contributed by atoms with Crippen LogP contribution in [-0.4, -0.2) is 14.7 Å². The minimum atomic E-state index is -3.55. The highest BCUT2D eigenvalue weighted by molar-refractivity contribution is 8.07. The highest BCUT2D eigenvalue weighted by Crippen LogP contribution is 2.19. The first-order valence-electron chi connectivity index (χ1n) is 8.46. The molecule has 0 aliphatic carbocycles. The lowest BCUT2D eigenvalue weighted by Gasteiger charge is -2.08. The van der Waals surface area contributed by atoms with Crippen LogP contribution in [0.15, 0.2) is 88.7 Å². The zero-order valence-electron chi connectivity index (χ0n) is 15.3. The molecule has 27 heavy (non-hydrogen) atoms. The van der Waals surface area contributed by atoms with Crippen LogP contribution in [0.1, 0.15) is 11.1 Å². The second-order valence-electron chi connectivity index (χ2n) is 6.16. The van der Waals surface area contributed by atoms with Crippen LogP contribution in [0, 0.1) is 6.92 Å². The highest BCUT2D eigenvalue weighted by Gasteiger charge is 2.26. The molecule has 0 aromatic heterocycles. The Morgan fingerprint density at radius 2 is 1.52 bits per heavy atom. The summed E-state index contributed by atoms with van der Waals surface area (Å²) >= 11 is -0.650. The topological polar surface area (TPSA) is 55.4 Å². The molecule has 0 aliphatic heterocycles. The van der Waals surface area contributed by atoms with E-state index < -0.39 is 21.1 Å². The van der Waals surface area contributed by atoms with Crippen molar-refractivity contribution in [3.8, 4) is 5.75 Å². The lowest BCUT2D eigenvalue weighted by molar-refractivity contribution is 0.306. The van der Waals surface area contributed by atoms with Gasteiger partial charge in [-0.25, -0.2) is 8.42 Å². The standard InChI is InChI=1S/C21H22NO3S2/c1-17-8-14-21(15-9-17)27(23,24)22-26(2)20-12-10-19(11-13-20)25-16-18-6-4-3-5-7-18/h3-15,22H,16H2,1-2H3/q+1. The van der Waals surface area contributed by atoms with E-state index in [9.17, 15) is 8.42 Å². The van der Waals surface area contributed by atoms with E-state index in [-0.39, 0.29) is 4.90 Å². The maximum atomic E-state index is 12.5. The van der Waals surface area contributed by atoms with Crippen molar-refractivity contribution in [3.05, 3.63) is 90.0 Å². The molecule has 0 fully saturated rings. The zero-order chi connectivity index (χ0) is 19.3. The third kappa shape index (κ3) is 5.35. The van der Waals surface area contributed by atoms with Crippen LogP contribution in [0.5, 0.6) is 5.75 Å². The number of rotatable bonds is 7. The molecule has 0 spiro atoms. The Morgan fingerprint density at radius 3 is 2.15 bits per heavy atom. The molecule has 1 unspecified atom stereocenters. The fraction of sp³-hybridized carbons (Fsp3) is 0.143. The fourth-order valence-electron chi connectivity index (χ4n) is 2.46. The Morgan fingerprint density at radius 1 is 0.889 bits per heavy atom. The van der Waals surface area contributed by atoms with Gasteiger partial charge < -0.3 is 4.74 Å². The highest BCUT2D eigenvalue weighted by atomic mass is 32.3. The molecule has 140 valence electrons. The number of hydrogen-bond donors (Lipinski definition) is 1. The maximum absolute atomic E-state index is 12.5. The average molecular weight is 401 g/mol. The summed E-state index contributed by atoms with van der Waals surface area (Å²) in [6.45, 7) is 2.42. The van der Waals surface area contributed by atoms with E-state index in [1.54, 1.807) is 24.3 Å². The van der Waals surface area contributed by atoms with Crippen molar-refractivity contribution >= 4 is 21.1 Å². The number of benzene rings is 3. The van der Waals surface area contributed by atoms with Gasteiger partial charge in [0.1, 0.15) is 29.7 Å². The summed E-state index contributed by atoms with van der Waals surface area (Å²) in [6.07, 6.45) is 1.85. The number of sulfonamides is 1. The van der Waals surface area contributed by atoms with Crippen molar-refractivity contribution in [2.75, 3.05) is 6.26 Å². The molecule has 4 nitrogen and oxygen atoms in total. The first-order chi connectivity index (χ1) is 12.9. The first-order valence-corrected chi connectivity index (χ1v) is 11.6. The Kier molecular flexibility index (Phi) is 6.21. The lowest BCUT2D eigenvalue weighted by atomic mass is 10.2. The third-order valence-electron chi connectivity index (χ3n) is 3.99. The second-order valence-corrected chi connectivity index (χ2v) is 9.79. The van der Waals surface area contributed by atoms with Crippen molar-refractivity contribution in [2.24, 2.45) is 0 Å². The van der Waals surface area contributed by atoms with E-state index in [2.05, 4.69) is 4.13 Å². The van der Waals surface area contributed by atoms with Gasteiger partial charge in [0.15, 0.2) is 4.90 Å².